The summed E-state index contributed by atoms with van der Waals surface area (Å²) in [6, 6.07) is 9.12. The van der Waals surface area contributed by atoms with E-state index in [1.807, 2.05) is 11.8 Å². The van der Waals surface area contributed by atoms with Crippen LogP contribution in [0.2, 0.25) is 0 Å². The summed E-state index contributed by atoms with van der Waals surface area (Å²) in [6.45, 7) is 13.2. The number of benzene rings is 2. The Bertz CT molecular complexity index is 668. The fourth-order valence-corrected chi connectivity index (χ4v) is 5.07. The van der Waals surface area contributed by atoms with Crippen LogP contribution in [0.5, 0.6) is 0 Å². The van der Waals surface area contributed by atoms with Gasteiger partial charge in [-0.15, -0.1) is 11.8 Å². The lowest BCUT2D eigenvalue weighted by molar-refractivity contribution is 1.19. The molecular weight excluding hydrogens is 303 g/mol. The lowest BCUT2D eigenvalue weighted by Gasteiger charge is -2.10. The lowest BCUT2D eigenvalue weighted by atomic mass is 10.1. The average Bonchev–Trinajstić information content (AvgIpc) is 2.38. The van der Waals surface area contributed by atoms with E-state index < -0.39 is 0 Å². The Labute approximate surface area is 141 Å². The zero-order chi connectivity index (χ0) is 16.3. The first-order valence-corrected chi connectivity index (χ1v) is 9.64. The molecule has 0 heterocycles. The molecular formula is C20H25PS. The van der Waals surface area contributed by atoms with Crippen molar-refractivity contribution in [3.05, 3.63) is 57.6 Å². The van der Waals surface area contributed by atoms with E-state index in [1.165, 1.54) is 51.8 Å². The average molecular weight is 328 g/mol. The minimum Gasteiger partial charge on any atom is -0.121 e. The van der Waals surface area contributed by atoms with Gasteiger partial charge in [-0.25, -0.2) is 0 Å². The molecule has 0 aliphatic heterocycles. The molecule has 0 bridgehead atoms. The smallest absolute Gasteiger partial charge is 0.0207 e. The molecule has 2 aromatic carbocycles. The maximum absolute atomic E-state index is 2.38. The van der Waals surface area contributed by atoms with E-state index in [-0.39, 0.29) is 0 Å². The third kappa shape index (κ3) is 4.24. The van der Waals surface area contributed by atoms with E-state index >= 15 is 0 Å². The zero-order valence-electron chi connectivity index (χ0n) is 14.4. The van der Waals surface area contributed by atoms with Gasteiger partial charge in [0, 0.05) is 16.0 Å². The van der Waals surface area contributed by atoms with Crippen LogP contribution in [0.3, 0.4) is 0 Å². The van der Waals surface area contributed by atoms with Gasteiger partial charge in [-0.05, 0) is 69.6 Å². The van der Waals surface area contributed by atoms with Crippen LogP contribution in [-0.4, -0.2) is 11.5 Å². The number of aryl methyl sites for hydroxylation is 6. The largest absolute Gasteiger partial charge is 0.121 e. The third-order valence-electron chi connectivity index (χ3n) is 3.76. The molecule has 0 aliphatic rings. The molecule has 0 amide bonds. The Kier molecular flexibility index (Phi) is 5.89. The van der Waals surface area contributed by atoms with Crippen LogP contribution in [0, 0.1) is 41.5 Å². The van der Waals surface area contributed by atoms with Crippen molar-refractivity contribution >= 4 is 31.1 Å². The Morgan fingerprint density at radius 2 is 1.23 bits per heavy atom. The maximum Gasteiger partial charge on any atom is 0.0207 e. The lowest BCUT2D eigenvalue weighted by Crippen LogP contribution is -2.04. The van der Waals surface area contributed by atoms with Gasteiger partial charge in [0.25, 0.3) is 0 Å². The molecule has 2 rings (SSSR count). The highest BCUT2D eigenvalue weighted by atomic mass is 32.2. The van der Waals surface area contributed by atoms with E-state index in [2.05, 4.69) is 71.6 Å². The van der Waals surface area contributed by atoms with Gasteiger partial charge in [0.05, 0.1) is 0 Å². The number of thioether (sulfide) groups is 1. The summed E-state index contributed by atoms with van der Waals surface area (Å²) in [5.41, 5.74) is 8.32. The van der Waals surface area contributed by atoms with Gasteiger partial charge in [0.1, 0.15) is 0 Å². The van der Waals surface area contributed by atoms with Crippen LogP contribution in [0.15, 0.2) is 29.2 Å². The standard InChI is InChI=1S/C20H25PS/c1-13-9-15(3)19(16(4)10-13)21-7-8-22-20-17(5)11-14(2)12-18(20)6/h7,9-12H,8H2,1-6H3. The SMILES string of the molecule is Cc1cc(C)c(P=CCSc2c(C)cc(C)cc2C)c(C)c1. The maximum atomic E-state index is 2.38. The second-order valence-corrected chi connectivity index (χ2v) is 8.20. The summed E-state index contributed by atoms with van der Waals surface area (Å²) in [5.74, 6) is 3.44. The van der Waals surface area contributed by atoms with Crippen molar-refractivity contribution in [3.63, 3.8) is 0 Å². The highest BCUT2D eigenvalue weighted by Crippen LogP contribution is 2.27. The van der Waals surface area contributed by atoms with Crippen molar-refractivity contribution in [1.82, 2.24) is 0 Å². The molecule has 0 fully saturated rings. The second-order valence-electron chi connectivity index (χ2n) is 6.10. The second kappa shape index (κ2) is 7.49. The topological polar surface area (TPSA) is 0 Å². The van der Waals surface area contributed by atoms with Crippen molar-refractivity contribution < 1.29 is 0 Å². The number of rotatable bonds is 4. The molecule has 0 unspecified atom stereocenters. The van der Waals surface area contributed by atoms with Crippen LogP contribution in [-0.2, 0) is 0 Å². The molecule has 116 valence electrons. The predicted octanol–water partition coefficient (Wildman–Crippen LogP) is 5.70. The van der Waals surface area contributed by atoms with E-state index in [0.29, 0.717) is 0 Å². The summed E-state index contributed by atoms with van der Waals surface area (Å²) in [5, 5.41) is 1.46. The van der Waals surface area contributed by atoms with Crippen molar-refractivity contribution in [3.8, 4) is 0 Å². The molecule has 22 heavy (non-hydrogen) atoms. The minimum absolute atomic E-state index is 1.05. The monoisotopic (exact) mass is 328 g/mol. The van der Waals surface area contributed by atoms with E-state index in [9.17, 15) is 0 Å². The van der Waals surface area contributed by atoms with Crippen LogP contribution in [0.1, 0.15) is 33.4 Å². The fourth-order valence-electron chi connectivity index (χ4n) is 3.02. The first kappa shape index (κ1) is 17.3. The van der Waals surface area contributed by atoms with Crippen molar-refractivity contribution in [2.24, 2.45) is 0 Å². The summed E-state index contributed by atoms with van der Waals surface area (Å²) < 4.78 is 0. The normalized spacial score (nSPS) is 11.4. The summed E-state index contributed by atoms with van der Waals surface area (Å²) >= 11 is 1.95. The van der Waals surface area contributed by atoms with E-state index in [4.69, 9.17) is 0 Å². The highest BCUT2D eigenvalue weighted by Gasteiger charge is 2.04. The summed E-state index contributed by atoms with van der Waals surface area (Å²) in [4.78, 5) is 1.44. The van der Waals surface area contributed by atoms with Crippen molar-refractivity contribution in [1.29, 1.82) is 0 Å². The molecule has 0 saturated carbocycles. The van der Waals surface area contributed by atoms with Crippen LogP contribution >= 0.6 is 20.0 Å². The third-order valence-corrected chi connectivity index (χ3v) is 6.60. The van der Waals surface area contributed by atoms with Gasteiger partial charge in [-0.2, -0.15) is 0 Å². The van der Waals surface area contributed by atoms with Crippen LogP contribution in [0.25, 0.3) is 0 Å². The predicted molar refractivity (Wildman–Crippen MR) is 105 cm³/mol. The Balaban J connectivity index is 2.09. The van der Waals surface area contributed by atoms with Gasteiger partial charge in [0.2, 0.25) is 0 Å². The Morgan fingerprint density at radius 1 is 0.773 bits per heavy atom. The molecule has 0 atom stereocenters. The van der Waals surface area contributed by atoms with Crippen LogP contribution in [0.4, 0.5) is 0 Å². The first-order chi connectivity index (χ1) is 10.4. The molecule has 0 aliphatic carbocycles. The summed E-state index contributed by atoms with van der Waals surface area (Å²) in [7, 11) is 1.33. The Morgan fingerprint density at radius 3 is 1.73 bits per heavy atom. The molecule has 0 spiro atoms. The van der Waals surface area contributed by atoms with Gasteiger partial charge in [-0.1, -0.05) is 43.6 Å². The molecule has 0 aromatic heterocycles. The molecule has 2 aromatic rings. The van der Waals surface area contributed by atoms with Gasteiger partial charge in [0.15, 0.2) is 0 Å². The fraction of sp³-hybridized carbons (Fsp3) is 0.350. The molecule has 0 nitrogen and oxygen atoms in total. The van der Waals surface area contributed by atoms with Gasteiger partial charge in [-0.3, -0.25) is 0 Å². The first-order valence-electron chi connectivity index (χ1n) is 7.69. The minimum atomic E-state index is 1.05. The molecule has 0 saturated heterocycles. The quantitative estimate of drug-likeness (QED) is 0.512. The van der Waals surface area contributed by atoms with Crippen molar-refractivity contribution in [2.75, 3.05) is 5.75 Å². The van der Waals surface area contributed by atoms with Gasteiger partial charge < -0.3 is 0 Å². The summed E-state index contributed by atoms with van der Waals surface area (Å²) in [6.07, 6.45) is 0. The molecule has 0 N–H and O–H groups in total. The van der Waals surface area contributed by atoms with Gasteiger partial charge >= 0.3 is 0 Å². The van der Waals surface area contributed by atoms with E-state index in [1.54, 1.807) is 0 Å². The number of hydrogen-bond acceptors (Lipinski definition) is 1. The molecule has 0 radical (unpaired) electrons. The zero-order valence-corrected chi connectivity index (χ0v) is 16.2. The van der Waals surface area contributed by atoms with Crippen LogP contribution < -0.4 is 5.30 Å². The van der Waals surface area contributed by atoms with Crippen molar-refractivity contribution in [2.45, 2.75) is 46.4 Å². The highest BCUT2D eigenvalue weighted by molar-refractivity contribution is 8.00. The molecule has 2 heteroatoms. The number of hydrogen-bond donors (Lipinski definition) is 0. The Hall–Kier alpha value is -1.04. The van der Waals surface area contributed by atoms with E-state index in [0.717, 1.165) is 5.75 Å².